The monoisotopic (exact) mass is 318 g/mol. The Morgan fingerprint density at radius 2 is 2.00 bits per heavy atom. The number of fused-ring (bicyclic) bond motifs is 1. The predicted octanol–water partition coefficient (Wildman–Crippen LogP) is 1.51. The molecule has 0 aliphatic rings. The zero-order chi connectivity index (χ0) is 14.9. The van der Waals surface area contributed by atoms with Crippen LogP contribution >= 0.6 is 11.6 Å². The van der Waals surface area contributed by atoms with Crippen LogP contribution in [0.25, 0.3) is 11.2 Å². The molecule has 2 rings (SSSR count). The van der Waals surface area contributed by atoms with Crippen molar-refractivity contribution in [3.05, 3.63) is 11.5 Å². The van der Waals surface area contributed by atoms with E-state index in [1.54, 1.807) is 11.6 Å². The maximum Gasteiger partial charge on any atom is 0.158 e. The summed E-state index contributed by atoms with van der Waals surface area (Å²) in [6, 6.07) is 0. The highest BCUT2D eigenvalue weighted by molar-refractivity contribution is 7.91. The quantitative estimate of drug-likeness (QED) is 0.757. The Bertz CT molecular complexity index is 717. The lowest BCUT2D eigenvalue weighted by Crippen LogP contribution is -2.17. The Morgan fingerprint density at radius 1 is 1.30 bits per heavy atom. The Labute approximate surface area is 123 Å². The van der Waals surface area contributed by atoms with Gasteiger partial charge in [-0.1, -0.05) is 13.8 Å². The number of nitrogens with zero attached hydrogens (tertiary/aromatic N) is 4. The third-order valence-electron chi connectivity index (χ3n) is 3.39. The fraction of sp³-hybridized carbons (Fsp3) is 0.667. The molecule has 6 nitrogen and oxygen atoms in total. The van der Waals surface area contributed by atoms with Gasteiger partial charge in [0.15, 0.2) is 15.5 Å². The van der Waals surface area contributed by atoms with Crippen molar-refractivity contribution in [3.63, 3.8) is 0 Å². The van der Waals surface area contributed by atoms with Gasteiger partial charge in [-0.15, -0.1) is 11.6 Å². The van der Waals surface area contributed by atoms with Crippen LogP contribution in [0.2, 0.25) is 0 Å². The van der Waals surface area contributed by atoms with Crippen LogP contribution in [0.4, 0.5) is 0 Å². The second kappa shape index (κ2) is 5.73. The van der Waals surface area contributed by atoms with Crippen molar-refractivity contribution in [2.75, 3.05) is 11.5 Å². The van der Waals surface area contributed by atoms with E-state index in [9.17, 15) is 8.42 Å². The van der Waals surface area contributed by atoms with E-state index in [0.717, 1.165) is 23.3 Å². The van der Waals surface area contributed by atoms with Crippen molar-refractivity contribution in [2.45, 2.75) is 32.7 Å². The number of aromatic nitrogens is 4. The lowest BCUT2D eigenvalue weighted by molar-refractivity contribution is 0.588. The summed E-state index contributed by atoms with van der Waals surface area (Å²) >= 11 is 5.93. The largest absolute Gasteiger partial charge is 0.311 e. The van der Waals surface area contributed by atoms with Gasteiger partial charge in [0.2, 0.25) is 0 Å². The molecule has 0 radical (unpaired) electrons. The van der Waals surface area contributed by atoms with Gasteiger partial charge in [-0.2, -0.15) is 5.10 Å². The molecule has 0 spiro atoms. The Kier molecular flexibility index (Phi) is 4.39. The summed E-state index contributed by atoms with van der Waals surface area (Å²) < 4.78 is 27.0. The predicted molar refractivity (Wildman–Crippen MR) is 79.8 cm³/mol. The standard InChI is InChI=1S/C12H19ClN4O2S/c1-4-9-11-12(16(3)15-9)17(10(8-13)14-11)6-7-20(18,19)5-2/h4-8H2,1-3H3. The number of alkyl halides is 1. The van der Waals surface area contributed by atoms with Crippen LogP contribution in [0.5, 0.6) is 0 Å². The summed E-state index contributed by atoms with van der Waals surface area (Å²) in [5.41, 5.74) is 2.56. The SMILES string of the molecule is CCc1nn(C)c2c1nc(CCl)n2CCS(=O)(=O)CC. The van der Waals surface area contributed by atoms with Gasteiger partial charge >= 0.3 is 0 Å². The normalized spacial score (nSPS) is 12.4. The third-order valence-corrected chi connectivity index (χ3v) is 5.31. The average molecular weight is 319 g/mol. The zero-order valence-corrected chi connectivity index (χ0v) is 13.5. The first-order valence-electron chi connectivity index (χ1n) is 6.60. The first-order valence-corrected chi connectivity index (χ1v) is 8.96. The molecule has 0 saturated carbocycles. The van der Waals surface area contributed by atoms with Gasteiger partial charge in [-0.25, -0.2) is 13.4 Å². The molecule has 0 aliphatic heterocycles. The molecule has 0 saturated heterocycles. The minimum absolute atomic E-state index is 0.0888. The first-order chi connectivity index (χ1) is 9.43. The van der Waals surface area contributed by atoms with Crippen molar-refractivity contribution < 1.29 is 8.42 Å². The first kappa shape index (κ1) is 15.3. The van der Waals surface area contributed by atoms with Gasteiger partial charge in [-0.05, 0) is 6.42 Å². The van der Waals surface area contributed by atoms with E-state index in [1.165, 1.54) is 0 Å². The molecule has 0 aromatic carbocycles. The summed E-state index contributed by atoms with van der Waals surface area (Å²) in [5, 5.41) is 4.41. The van der Waals surface area contributed by atoms with E-state index in [4.69, 9.17) is 11.6 Å². The number of hydrogen-bond acceptors (Lipinski definition) is 4. The molecule has 0 unspecified atom stereocenters. The van der Waals surface area contributed by atoms with Gasteiger partial charge in [-0.3, -0.25) is 4.68 Å². The van der Waals surface area contributed by atoms with Gasteiger partial charge in [0.25, 0.3) is 0 Å². The number of hydrogen-bond donors (Lipinski definition) is 0. The van der Waals surface area contributed by atoms with E-state index in [1.807, 2.05) is 18.5 Å². The highest BCUT2D eigenvalue weighted by Crippen LogP contribution is 2.21. The van der Waals surface area contributed by atoms with E-state index in [0.29, 0.717) is 12.4 Å². The number of halogens is 1. The van der Waals surface area contributed by atoms with Crippen LogP contribution in [-0.4, -0.2) is 39.3 Å². The summed E-state index contributed by atoms with van der Waals surface area (Å²) in [6.07, 6.45) is 0.781. The molecule has 2 aromatic heterocycles. The van der Waals surface area contributed by atoms with Crippen molar-refractivity contribution in [3.8, 4) is 0 Å². The minimum atomic E-state index is -3.02. The number of sulfone groups is 1. The number of imidazole rings is 1. The fourth-order valence-corrected chi connectivity index (χ4v) is 3.19. The summed E-state index contributed by atoms with van der Waals surface area (Å²) in [6.45, 7) is 4.03. The van der Waals surface area contributed by atoms with Gasteiger partial charge < -0.3 is 4.57 Å². The van der Waals surface area contributed by atoms with Crippen molar-refractivity contribution in [1.29, 1.82) is 0 Å². The number of aryl methyl sites for hydroxylation is 3. The van der Waals surface area contributed by atoms with Gasteiger partial charge in [0.05, 0.1) is 17.3 Å². The molecule has 2 aromatic rings. The smallest absolute Gasteiger partial charge is 0.158 e. The zero-order valence-electron chi connectivity index (χ0n) is 11.9. The molecule has 0 atom stereocenters. The minimum Gasteiger partial charge on any atom is -0.311 e. The maximum atomic E-state index is 11.7. The van der Waals surface area contributed by atoms with Crippen molar-refractivity contribution in [1.82, 2.24) is 19.3 Å². The number of rotatable bonds is 6. The molecule has 8 heteroatoms. The van der Waals surface area contributed by atoms with Crippen LogP contribution in [0.1, 0.15) is 25.4 Å². The molecule has 0 fully saturated rings. The van der Waals surface area contributed by atoms with E-state index < -0.39 is 9.84 Å². The second-order valence-electron chi connectivity index (χ2n) is 4.65. The third kappa shape index (κ3) is 2.69. The molecule has 2 heterocycles. The molecule has 112 valence electrons. The molecule has 20 heavy (non-hydrogen) atoms. The van der Waals surface area contributed by atoms with E-state index >= 15 is 0 Å². The van der Waals surface area contributed by atoms with E-state index in [-0.39, 0.29) is 17.4 Å². The molecule has 0 bridgehead atoms. The van der Waals surface area contributed by atoms with Gasteiger partial charge in [0.1, 0.15) is 11.3 Å². The fourth-order valence-electron chi connectivity index (χ4n) is 2.24. The van der Waals surface area contributed by atoms with Crippen molar-refractivity contribution in [2.24, 2.45) is 7.05 Å². The van der Waals surface area contributed by atoms with Crippen LogP contribution in [0.15, 0.2) is 0 Å². The second-order valence-corrected chi connectivity index (χ2v) is 7.39. The van der Waals surface area contributed by atoms with Crippen LogP contribution in [-0.2, 0) is 35.7 Å². The van der Waals surface area contributed by atoms with Crippen LogP contribution in [0, 0.1) is 0 Å². The Balaban J connectivity index is 2.48. The highest BCUT2D eigenvalue weighted by Gasteiger charge is 2.19. The van der Waals surface area contributed by atoms with Crippen LogP contribution < -0.4 is 0 Å². The molecule has 0 aliphatic carbocycles. The Hall–Kier alpha value is -1.08. The van der Waals surface area contributed by atoms with Gasteiger partial charge in [0, 0.05) is 19.3 Å². The van der Waals surface area contributed by atoms with Crippen molar-refractivity contribution >= 4 is 32.6 Å². The average Bonchev–Trinajstić information content (AvgIpc) is 2.94. The molecular formula is C12H19ClN4O2S. The Morgan fingerprint density at radius 3 is 2.55 bits per heavy atom. The topological polar surface area (TPSA) is 69.8 Å². The summed E-state index contributed by atoms with van der Waals surface area (Å²) in [5.74, 6) is 1.18. The van der Waals surface area contributed by atoms with E-state index in [2.05, 4.69) is 10.1 Å². The maximum absolute atomic E-state index is 11.7. The summed E-state index contributed by atoms with van der Waals surface area (Å²) in [7, 11) is -1.18. The lowest BCUT2D eigenvalue weighted by atomic mass is 10.3. The van der Waals surface area contributed by atoms with Crippen LogP contribution in [0.3, 0.4) is 0 Å². The molecule has 0 N–H and O–H groups in total. The summed E-state index contributed by atoms with van der Waals surface area (Å²) in [4.78, 5) is 4.50. The molecule has 0 amide bonds. The highest BCUT2D eigenvalue weighted by atomic mass is 35.5. The molecular weight excluding hydrogens is 300 g/mol. The lowest BCUT2D eigenvalue weighted by Gasteiger charge is -2.08.